The van der Waals surface area contributed by atoms with Crippen molar-refractivity contribution < 1.29 is 14.3 Å². The highest BCUT2D eigenvalue weighted by Crippen LogP contribution is 2.25. The summed E-state index contributed by atoms with van der Waals surface area (Å²) in [5, 5.41) is 9.54. The smallest absolute Gasteiger partial charge is 0.254 e. The molecule has 1 aliphatic heterocycles. The molecule has 5 heteroatoms. The Morgan fingerprint density at radius 1 is 1.57 bits per heavy atom. The second-order valence-corrected chi connectivity index (χ2v) is 6.48. The first-order valence-electron chi connectivity index (χ1n) is 7.29. The van der Waals surface area contributed by atoms with Crippen molar-refractivity contribution in [3.63, 3.8) is 0 Å². The van der Waals surface area contributed by atoms with Crippen molar-refractivity contribution in [2.45, 2.75) is 44.1 Å². The van der Waals surface area contributed by atoms with E-state index < -0.39 is 6.10 Å². The first kappa shape index (κ1) is 16.3. The van der Waals surface area contributed by atoms with E-state index in [1.807, 2.05) is 11.2 Å². The molecule has 0 aliphatic carbocycles. The third-order valence-corrected chi connectivity index (χ3v) is 4.44. The number of carbonyl (C=O) groups excluding carboxylic acids is 1. The number of carbonyl (C=O) groups is 1. The van der Waals surface area contributed by atoms with Crippen LogP contribution in [0.2, 0.25) is 0 Å². The van der Waals surface area contributed by atoms with Gasteiger partial charge in [-0.2, -0.15) is 11.8 Å². The van der Waals surface area contributed by atoms with Gasteiger partial charge in [-0.3, -0.25) is 4.79 Å². The molecule has 1 N–H and O–H groups in total. The predicted octanol–water partition coefficient (Wildman–Crippen LogP) is 3.06. The summed E-state index contributed by atoms with van der Waals surface area (Å²) >= 11 is 1.53. The summed E-state index contributed by atoms with van der Waals surface area (Å²) in [6, 6.07) is 4.68. The monoisotopic (exact) mass is 311 g/mol. The lowest BCUT2D eigenvalue weighted by atomic mass is 10.1. The van der Waals surface area contributed by atoms with E-state index in [1.54, 1.807) is 19.1 Å². The van der Waals surface area contributed by atoms with E-state index in [4.69, 9.17) is 0 Å². The molecule has 0 aromatic heterocycles. The SMILES string of the molecule is CSCc1cc(C(=O)N2CCCC2CC(C)O)ccc1F. The fourth-order valence-electron chi connectivity index (χ4n) is 2.88. The molecule has 116 valence electrons. The van der Waals surface area contributed by atoms with Crippen molar-refractivity contribution in [3.8, 4) is 0 Å². The number of benzene rings is 1. The van der Waals surface area contributed by atoms with Gasteiger partial charge in [0, 0.05) is 23.9 Å². The van der Waals surface area contributed by atoms with Crippen LogP contribution in [0.25, 0.3) is 0 Å². The van der Waals surface area contributed by atoms with Gasteiger partial charge >= 0.3 is 0 Å². The maximum Gasteiger partial charge on any atom is 0.254 e. The van der Waals surface area contributed by atoms with Gasteiger partial charge in [0.1, 0.15) is 5.82 Å². The molecule has 1 aromatic carbocycles. The van der Waals surface area contributed by atoms with E-state index in [9.17, 15) is 14.3 Å². The number of amides is 1. The second kappa shape index (κ2) is 7.27. The molecule has 0 spiro atoms. The molecule has 1 aliphatic rings. The van der Waals surface area contributed by atoms with Crippen LogP contribution in [0, 0.1) is 5.82 Å². The van der Waals surface area contributed by atoms with Crippen LogP contribution in [0.3, 0.4) is 0 Å². The average molecular weight is 311 g/mol. The van der Waals surface area contributed by atoms with E-state index >= 15 is 0 Å². The highest BCUT2D eigenvalue weighted by molar-refractivity contribution is 7.97. The molecule has 3 nitrogen and oxygen atoms in total. The Bertz CT molecular complexity index is 507. The summed E-state index contributed by atoms with van der Waals surface area (Å²) in [5.74, 6) is 0.243. The van der Waals surface area contributed by atoms with Crippen molar-refractivity contribution in [2.24, 2.45) is 0 Å². The summed E-state index contributed by atoms with van der Waals surface area (Å²) in [5.41, 5.74) is 1.11. The van der Waals surface area contributed by atoms with Crippen LogP contribution in [-0.2, 0) is 5.75 Å². The number of halogens is 1. The van der Waals surface area contributed by atoms with E-state index in [2.05, 4.69) is 0 Å². The quantitative estimate of drug-likeness (QED) is 0.908. The molecule has 2 unspecified atom stereocenters. The predicted molar refractivity (Wildman–Crippen MR) is 84.0 cm³/mol. The molecule has 0 bridgehead atoms. The molecule has 21 heavy (non-hydrogen) atoms. The Kier molecular flexibility index (Phi) is 5.65. The standard InChI is InChI=1S/C16H22FNO2S/c1-11(19)8-14-4-3-7-18(14)16(20)12-5-6-15(17)13(9-12)10-21-2/h5-6,9,11,14,19H,3-4,7-8,10H2,1-2H3. The molecule has 0 radical (unpaired) electrons. The zero-order valence-electron chi connectivity index (χ0n) is 12.5. The molecule has 2 rings (SSSR count). The lowest BCUT2D eigenvalue weighted by molar-refractivity contribution is 0.0682. The third-order valence-electron chi connectivity index (χ3n) is 3.84. The van der Waals surface area contributed by atoms with Gasteiger partial charge in [0.25, 0.3) is 5.91 Å². The molecule has 1 heterocycles. The van der Waals surface area contributed by atoms with Crippen LogP contribution in [0.15, 0.2) is 18.2 Å². The highest BCUT2D eigenvalue weighted by Gasteiger charge is 2.30. The molecule has 0 saturated carbocycles. The van der Waals surface area contributed by atoms with Crippen LogP contribution >= 0.6 is 11.8 Å². The van der Waals surface area contributed by atoms with E-state index in [-0.39, 0.29) is 17.8 Å². The van der Waals surface area contributed by atoms with Gasteiger partial charge in [0.15, 0.2) is 0 Å². The summed E-state index contributed by atoms with van der Waals surface area (Å²) in [6.45, 7) is 2.46. The molecule has 2 atom stereocenters. The summed E-state index contributed by atoms with van der Waals surface area (Å²) < 4.78 is 13.7. The van der Waals surface area contributed by atoms with Gasteiger partial charge in [-0.25, -0.2) is 4.39 Å². The largest absolute Gasteiger partial charge is 0.393 e. The first-order valence-corrected chi connectivity index (χ1v) is 8.68. The van der Waals surface area contributed by atoms with Crippen molar-refractivity contribution >= 4 is 17.7 Å². The Morgan fingerprint density at radius 3 is 3.00 bits per heavy atom. The van der Waals surface area contributed by atoms with Crippen molar-refractivity contribution in [3.05, 3.63) is 35.1 Å². The minimum absolute atomic E-state index is 0.0551. The van der Waals surface area contributed by atoms with Gasteiger partial charge in [-0.05, 0) is 56.2 Å². The number of nitrogens with zero attached hydrogens (tertiary/aromatic N) is 1. The fourth-order valence-corrected chi connectivity index (χ4v) is 3.41. The molecule has 1 fully saturated rings. The lowest BCUT2D eigenvalue weighted by Crippen LogP contribution is -2.37. The van der Waals surface area contributed by atoms with Crippen LogP contribution in [-0.4, -0.2) is 40.9 Å². The van der Waals surface area contributed by atoms with Gasteiger partial charge in [0.05, 0.1) is 6.10 Å². The number of thioether (sulfide) groups is 1. The van der Waals surface area contributed by atoms with Gasteiger partial charge in [-0.1, -0.05) is 0 Å². The van der Waals surface area contributed by atoms with Crippen LogP contribution in [0.5, 0.6) is 0 Å². The maximum absolute atomic E-state index is 13.7. The Balaban J connectivity index is 2.17. The second-order valence-electron chi connectivity index (χ2n) is 5.62. The van der Waals surface area contributed by atoms with Crippen LogP contribution in [0.1, 0.15) is 42.1 Å². The lowest BCUT2D eigenvalue weighted by Gasteiger charge is -2.26. The maximum atomic E-state index is 13.7. The summed E-state index contributed by atoms with van der Waals surface area (Å²) in [4.78, 5) is 14.4. The molecular formula is C16H22FNO2S. The summed E-state index contributed by atoms with van der Waals surface area (Å²) in [6.07, 6.45) is 3.98. The zero-order valence-corrected chi connectivity index (χ0v) is 13.3. The fraction of sp³-hybridized carbons (Fsp3) is 0.562. The normalized spacial score (nSPS) is 19.8. The van der Waals surface area contributed by atoms with Crippen LogP contribution < -0.4 is 0 Å². The van der Waals surface area contributed by atoms with E-state index in [0.29, 0.717) is 29.8 Å². The number of hydrogen-bond acceptors (Lipinski definition) is 3. The minimum Gasteiger partial charge on any atom is -0.393 e. The van der Waals surface area contributed by atoms with Crippen molar-refractivity contribution in [2.75, 3.05) is 12.8 Å². The van der Waals surface area contributed by atoms with Crippen molar-refractivity contribution in [1.82, 2.24) is 4.90 Å². The number of aliphatic hydroxyl groups is 1. The van der Waals surface area contributed by atoms with Crippen LogP contribution in [0.4, 0.5) is 4.39 Å². The van der Waals surface area contributed by atoms with Gasteiger partial charge in [0.2, 0.25) is 0 Å². The number of hydrogen-bond donors (Lipinski definition) is 1. The van der Waals surface area contributed by atoms with Crippen molar-refractivity contribution in [1.29, 1.82) is 0 Å². The number of rotatable bonds is 5. The topological polar surface area (TPSA) is 40.5 Å². The summed E-state index contributed by atoms with van der Waals surface area (Å²) in [7, 11) is 0. The van der Waals surface area contributed by atoms with Gasteiger partial charge < -0.3 is 10.0 Å². The Hall–Kier alpha value is -1.07. The molecule has 1 aromatic rings. The molecule has 1 saturated heterocycles. The van der Waals surface area contributed by atoms with E-state index in [0.717, 1.165) is 12.8 Å². The number of likely N-dealkylation sites (tertiary alicyclic amines) is 1. The van der Waals surface area contributed by atoms with Gasteiger partial charge in [-0.15, -0.1) is 0 Å². The zero-order chi connectivity index (χ0) is 15.4. The third kappa shape index (κ3) is 3.98. The Labute approximate surface area is 129 Å². The minimum atomic E-state index is -0.413. The molecule has 1 amide bonds. The Morgan fingerprint density at radius 2 is 2.33 bits per heavy atom. The number of aliphatic hydroxyl groups excluding tert-OH is 1. The molecular weight excluding hydrogens is 289 g/mol. The highest BCUT2D eigenvalue weighted by atomic mass is 32.2. The van der Waals surface area contributed by atoms with E-state index in [1.165, 1.54) is 17.8 Å². The first-order chi connectivity index (χ1) is 10.0. The average Bonchev–Trinajstić information content (AvgIpc) is 2.88.